The van der Waals surface area contributed by atoms with Crippen molar-refractivity contribution in [2.24, 2.45) is 0 Å². The average Bonchev–Trinajstić information content (AvgIpc) is 2.79. The van der Waals surface area contributed by atoms with Crippen molar-refractivity contribution >= 4 is 0 Å². The van der Waals surface area contributed by atoms with Crippen LogP contribution in [0.2, 0.25) is 0 Å². The first-order valence-electron chi connectivity index (χ1n) is 10.00. The van der Waals surface area contributed by atoms with Gasteiger partial charge in [-0.3, -0.25) is 0 Å². The van der Waals surface area contributed by atoms with Gasteiger partial charge in [-0.25, -0.2) is 0 Å². The van der Waals surface area contributed by atoms with Crippen LogP contribution in [0.4, 0.5) is 0 Å². The third-order valence-corrected chi connectivity index (χ3v) is 5.62. The Hall–Kier alpha value is -2.00. The van der Waals surface area contributed by atoms with Crippen molar-refractivity contribution in [2.45, 2.75) is 50.0 Å². The van der Waals surface area contributed by atoms with E-state index in [4.69, 9.17) is 28.4 Å². The lowest BCUT2D eigenvalue weighted by Gasteiger charge is -2.52. The van der Waals surface area contributed by atoms with E-state index in [-0.39, 0.29) is 13.2 Å². The van der Waals surface area contributed by atoms with Crippen molar-refractivity contribution in [3.8, 4) is 5.75 Å². The number of rotatable bonds is 6. The van der Waals surface area contributed by atoms with Crippen molar-refractivity contribution in [2.75, 3.05) is 20.8 Å². The molecule has 0 aliphatic carbocycles. The zero-order valence-electron chi connectivity index (χ0n) is 17.4. The number of aliphatic hydroxyl groups is 1. The lowest BCUT2D eigenvalue weighted by Crippen LogP contribution is -2.69. The fourth-order valence-electron chi connectivity index (χ4n) is 3.95. The maximum absolute atomic E-state index is 11.5. The van der Waals surface area contributed by atoms with Crippen LogP contribution in [0.1, 0.15) is 24.3 Å². The normalized spacial score (nSPS) is 33.7. The van der Waals surface area contributed by atoms with Gasteiger partial charge in [-0.05, 0) is 24.6 Å². The van der Waals surface area contributed by atoms with Gasteiger partial charge in [-0.15, -0.1) is 0 Å². The summed E-state index contributed by atoms with van der Waals surface area (Å²) in [5.74, 6) is 0.770. The molecule has 2 saturated heterocycles. The van der Waals surface area contributed by atoms with Crippen molar-refractivity contribution < 1.29 is 33.5 Å². The smallest absolute Gasteiger partial charge is 0.186 e. The molecule has 1 N–H and O–H groups in total. The molecule has 0 unspecified atom stereocenters. The molecule has 2 aromatic rings. The van der Waals surface area contributed by atoms with E-state index in [2.05, 4.69) is 0 Å². The van der Waals surface area contributed by atoms with Crippen molar-refractivity contribution in [3.63, 3.8) is 0 Å². The second-order valence-electron chi connectivity index (χ2n) is 7.72. The molecule has 0 amide bonds. The van der Waals surface area contributed by atoms with Gasteiger partial charge in [-0.2, -0.15) is 0 Å². The van der Waals surface area contributed by atoms with Crippen molar-refractivity contribution in [3.05, 3.63) is 65.7 Å². The lowest BCUT2D eigenvalue weighted by molar-refractivity contribution is -0.386. The molecule has 4 rings (SSSR count). The van der Waals surface area contributed by atoms with Crippen LogP contribution in [0.15, 0.2) is 54.6 Å². The number of methoxy groups -OCH3 is 2. The van der Waals surface area contributed by atoms with Gasteiger partial charge in [0.1, 0.15) is 29.7 Å². The molecule has 2 heterocycles. The SMILES string of the molecule is COc1ccc(CO[C@@H]2[C@@H](OC)O[C@@H]3CO[C@@H](c4ccccc4)O[C@H]3[C@]2(C)O)cc1. The summed E-state index contributed by atoms with van der Waals surface area (Å²) in [6, 6.07) is 17.2. The molecule has 0 spiro atoms. The van der Waals surface area contributed by atoms with Crippen LogP contribution >= 0.6 is 0 Å². The van der Waals surface area contributed by atoms with Gasteiger partial charge in [0.25, 0.3) is 0 Å². The molecule has 30 heavy (non-hydrogen) atoms. The maximum Gasteiger partial charge on any atom is 0.186 e. The quantitative estimate of drug-likeness (QED) is 0.776. The minimum atomic E-state index is -1.35. The minimum absolute atomic E-state index is 0.282. The van der Waals surface area contributed by atoms with Crippen LogP contribution in [-0.2, 0) is 30.3 Å². The van der Waals surface area contributed by atoms with E-state index in [0.29, 0.717) is 0 Å². The first-order chi connectivity index (χ1) is 14.5. The zero-order chi connectivity index (χ0) is 21.1. The Kier molecular flexibility index (Phi) is 6.38. The second-order valence-corrected chi connectivity index (χ2v) is 7.72. The zero-order valence-corrected chi connectivity index (χ0v) is 17.4. The summed E-state index contributed by atoms with van der Waals surface area (Å²) in [6.07, 6.45) is -3.18. The van der Waals surface area contributed by atoms with Gasteiger partial charge in [-0.1, -0.05) is 42.5 Å². The number of ether oxygens (including phenoxy) is 6. The fraction of sp³-hybridized carbons (Fsp3) is 0.478. The molecule has 7 nitrogen and oxygen atoms in total. The third kappa shape index (κ3) is 4.23. The van der Waals surface area contributed by atoms with Crippen LogP contribution in [-0.4, -0.2) is 56.1 Å². The topological polar surface area (TPSA) is 75.6 Å². The number of hydrogen-bond donors (Lipinski definition) is 1. The number of fused-ring (bicyclic) bond motifs is 1. The number of hydrogen-bond acceptors (Lipinski definition) is 7. The first kappa shape index (κ1) is 21.2. The molecule has 2 fully saturated rings. The highest BCUT2D eigenvalue weighted by molar-refractivity contribution is 5.26. The Labute approximate surface area is 176 Å². The summed E-state index contributed by atoms with van der Waals surface area (Å²) in [4.78, 5) is 0. The summed E-state index contributed by atoms with van der Waals surface area (Å²) in [7, 11) is 3.15. The molecule has 0 saturated carbocycles. The second kappa shape index (κ2) is 9.01. The van der Waals surface area contributed by atoms with E-state index in [1.165, 1.54) is 7.11 Å². The highest BCUT2D eigenvalue weighted by Crippen LogP contribution is 2.40. The predicted molar refractivity (Wildman–Crippen MR) is 108 cm³/mol. The van der Waals surface area contributed by atoms with Crippen LogP contribution in [0.3, 0.4) is 0 Å². The Morgan fingerprint density at radius 1 is 1.03 bits per heavy atom. The van der Waals surface area contributed by atoms with Crippen LogP contribution in [0.5, 0.6) is 5.75 Å². The molecule has 162 valence electrons. The summed E-state index contributed by atoms with van der Waals surface area (Å²) >= 11 is 0. The molecule has 7 heteroatoms. The summed E-state index contributed by atoms with van der Waals surface area (Å²) in [5.41, 5.74) is 0.474. The molecular formula is C23H28O7. The van der Waals surface area contributed by atoms with Crippen molar-refractivity contribution in [1.82, 2.24) is 0 Å². The average molecular weight is 416 g/mol. The fourth-order valence-corrected chi connectivity index (χ4v) is 3.95. The summed E-state index contributed by atoms with van der Waals surface area (Å²) < 4.78 is 34.8. The molecule has 6 atom stereocenters. The monoisotopic (exact) mass is 416 g/mol. The van der Waals surface area contributed by atoms with E-state index in [1.54, 1.807) is 14.0 Å². The molecular weight excluding hydrogens is 388 g/mol. The Morgan fingerprint density at radius 3 is 2.43 bits per heavy atom. The summed E-state index contributed by atoms with van der Waals surface area (Å²) in [6.45, 7) is 2.26. The predicted octanol–water partition coefficient (Wildman–Crippen LogP) is 2.82. The van der Waals surface area contributed by atoms with Crippen molar-refractivity contribution in [1.29, 1.82) is 0 Å². The van der Waals surface area contributed by atoms with Gasteiger partial charge >= 0.3 is 0 Å². The highest BCUT2D eigenvalue weighted by Gasteiger charge is 2.57. The Bertz CT molecular complexity index is 808. The Morgan fingerprint density at radius 2 is 1.77 bits per heavy atom. The molecule has 0 radical (unpaired) electrons. The molecule has 2 aliphatic rings. The Balaban J connectivity index is 1.50. The van der Waals surface area contributed by atoms with Crippen LogP contribution in [0, 0.1) is 0 Å². The van der Waals surface area contributed by atoms with E-state index < -0.39 is 36.5 Å². The van der Waals surface area contributed by atoms with Crippen LogP contribution < -0.4 is 4.74 Å². The van der Waals surface area contributed by atoms with E-state index in [9.17, 15) is 5.11 Å². The molecule has 0 bridgehead atoms. The van der Waals surface area contributed by atoms with Gasteiger partial charge in [0.2, 0.25) is 0 Å². The number of benzene rings is 2. The van der Waals surface area contributed by atoms with Crippen LogP contribution in [0.25, 0.3) is 0 Å². The first-order valence-corrected chi connectivity index (χ1v) is 10.00. The highest BCUT2D eigenvalue weighted by atomic mass is 16.8. The van der Waals surface area contributed by atoms with Gasteiger partial charge < -0.3 is 33.5 Å². The maximum atomic E-state index is 11.5. The third-order valence-electron chi connectivity index (χ3n) is 5.62. The minimum Gasteiger partial charge on any atom is -0.497 e. The molecule has 2 aromatic carbocycles. The largest absolute Gasteiger partial charge is 0.497 e. The van der Waals surface area contributed by atoms with Gasteiger partial charge in [0.05, 0.1) is 20.3 Å². The van der Waals surface area contributed by atoms with Gasteiger partial charge in [0.15, 0.2) is 12.6 Å². The van der Waals surface area contributed by atoms with E-state index in [1.807, 2.05) is 54.6 Å². The van der Waals surface area contributed by atoms with Gasteiger partial charge in [0, 0.05) is 12.7 Å². The lowest BCUT2D eigenvalue weighted by atomic mass is 9.85. The van der Waals surface area contributed by atoms with E-state index in [0.717, 1.165) is 16.9 Å². The van der Waals surface area contributed by atoms with E-state index >= 15 is 0 Å². The summed E-state index contributed by atoms with van der Waals surface area (Å²) in [5, 5.41) is 11.5. The molecule has 0 aromatic heterocycles. The molecule has 2 aliphatic heterocycles. The standard InChI is InChI=1S/C23H28O7/c1-23(24)19-18(14-28-21(30-19)16-7-5-4-6-8-16)29-22(26-3)20(23)27-13-15-9-11-17(25-2)12-10-15/h4-12,18-22,24H,13-14H2,1-3H3/t18-,19-,20-,21-,22+,23+/m1/s1.